The van der Waals surface area contributed by atoms with Crippen LogP contribution in [0.25, 0.3) is 0 Å². The summed E-state index contributed by atoms with van der Waals surface area (Å²) in [5.74, 6) is 8.69. The van der Waals surface area contributed by atoms with E-state index in [4.69, 9.17) is 4.74 Å². The molecule has 1 N–H and O–H groups in total. The highest BCUT2D eigenvalue weighted by Gasteiger charge is 2.16. The molecule has 0 fully saturated rings. The Balaban J connectivity index is 0.000000629. The van der Waals surface area contributed by atoms with Gasteiger partial charge in [0.15, 0.2) is 0 Å². The van der Waals surface area contributed by atoms with Gasteiger partial charge < -0.3 is 9.84 Å². The van der Waals surface area contributed by atoms with E-state index in [1.807, 2.05) is 62.4 Å². The van der Waals surface area contributed by atoms with Crippen molar-refractivity contribution in [3.63, 3.8) is 0 Å². The van der Waals surface area contributed by atoms with Crippen LogP contribution in [0, 0.1) is 62.2 Å². The Kier molecular flexibility index (Phi) is 52.8. The van der Waals surface area contributed by atoms with Crippen LogP contribution in [-0.4, -0.2) is 11.7 Å². The standard InChI is InChI=1S/C14H22.C13H20O.C13H20.2C11H16.C10H14O.3C10H14.C9H12/c1-11(2)10-12-6-8-13(9-7-12)14(3,4)5;1-10(2)9-11-5-7-12(8-6-11)13(3,4)14;1-10(2)9-12-5-7-13(8-6-12)11(3)4;1-9(2)8-11-6-4-10(3)5-7-11;1-10(2)8-9-11-6-4-3-5-7-11;1-9(2)8-11-10-6-4-3-5-7-10;2*1-8(2)10-6-4-9(3)5-7-10;1-9(2)8-10-6-4-3-5-7-10;1-8(2)9-6-4-3-5-7-9/h6-9,11H,10H2,1-5H3;5-8,10,14H,9H2,1-4H3;5-8,10-11H,9H2,1-4H3;4-7,9H,8H2,1-3H3;3-7,10H,8-9H2,1-2H3;3-7,9H,8H2,1-2H3;2*4-8H,1-3H3;3-7,9H,8H2,1-2H3;3-8H,1-2H3. The molecule has 0 radical (unpaired) electrons. The van der Waals surface area contributed by atoms with E-state index in [1.165, 1.54) is 116 Å². The summed E-state index contributed by atoms with van der Waals surface area (Å²) in [5, 5.41) is 9.76. The zero-order valence-electron chi connectivity index (χ0n) is 77.3. The van der Waals surface area contributed by atoms with E-state index in [2.05, 4.69) is 412 Å². The molecule has 113 heavy (non-hydrogen) atoms. The molecule has 0 atom stereocenters. The lowest BCUT2D eigenvalue weighted by Gasteiger charge is -2.19. The van der Waals surface area contributed by atoms with E-state index in [0.717, 1.165) is 53.9 Å². The number of aryl methyl sites for hydroxylation is 4. The Morgan fingerprint density at radius 1 is 0.248 bits per heavy atom. The maximum absolute atomic E-state index is 9.76. The zero-order chi connectivity index (χ0) is 85.1. The van der Waals surface area contributed by atoms with Crippen molar-refractivity contribution in [2.24, 2.45) is 41.4 Å². The van der Waals surface area contributed by atoms with Crippen LogP contribution in [0.3, 0.4) is 0 Å². The molecule has 0 aliphatic carbocycles. The largest absolute Gasteiger partial charge is 0.493 e. The summed E-state index contributed by atoms with van der Waals surface area (Å²) in [6.07, 6.45) is 8.39. The molecule has 2 nitrogen and oxygen atoms in total. The molecule has 0 bridgehead atoms. The molecule has 0 aromatic heterocycles. The summed E-state index contributed by atoms with van der Waals surface area (Å²) >= 11 is 0. The van der Waals surface area contributed by atoms with Crippen molar-refractivity contribution < 1.29 is 9.84 Å². The molecule has 0 spiro atoms. The van der Waals surface area contributed by atoms with Gasteiger partial charge >= 0.3 is 0 Å². The number of benzene rings is 10. The first-order valence-electron chi connectivity index (χ1n) is 43.1. The lowest BCUT2D eigenvalue weighted by Crippen LogP contribution is -2.15. The summed E-state index contributed by atoms with van der Waals surface area (Å²) in [6.45, 7) is 66.5. The second-order valence-corrected chi connectivity index (χ2v) is 36.7. The summed E-state index contributed by atoms with van der Waals surface area (Å²) in [5.41, 5.74) is 20.3. The molecule has 0 aliphatic rings. The van der Waals surface area contributed by atoms with Gasteiger partial charge in [-0.15, -0.1) is 0 Å². The summed E-state index contributed by atoms with van der Waals surface area (Å²) in [4.78, 5) is 0. The van der Waals surface area contributed by atoms with E-state index in [1.54, 1.807) is 0 Å². The average molecular weight is 1530 g/mol. The molecule has 2 heteroatoms. The van der Waals surface area contributed by atoms with Gasteiger partial charge in [0, 0.05) is 0 Å². The number of hydrogen-bond acceptors (Lipinski definition) is 2. The molecule has 0 heterocycles. The predicted molar refractivity (Wildman–Crippen MR) is 505 cm³/mol. The molecule has 618 valence electrons. The minimum Gasteiger partial charge on any atom is -0.493 e. The van der Waals surface area contributed by atoms with Gasteiger partial charge in [0.25, 0.3) is 0 Å². The minimum absolute atomic E-state index is 0.274. The molecule has 10 aromatic rings. The Morgan fingerprint density at radius 2 is 0.487 bits per heavy atom. The molecule has 0 saturated carbocycles. The minimum atomic E-state index is -0.726. The number of hydrogen-bond donors (Lipinski definition) is 1. The smallest absolute Gasteiger partial charge is 0.119 e. The third-order valence-corrected chi connectivity index (χ3v) is 18.4. The normalized spacial score (nSPS) is 10.9. The highest BCUT2D eigenvalue weighted by molar-refractivity contribution is 5.31. The third kappa shape index (κ3) is 53.6. The SMILES string of the molecule is CC(C)CCc1ccccc1.CC(C)COc1ccccc1.CC(C)Cc1ccc(C(C)(C)C)cc1.CC(C)Cc1ccc(C(C)(C)O)cc1.CC(C)Cc1ccc(C(C)C)cc1.CC(C)Cc1ccccc1.CC(C)c1ccccc1.Cc1ccc(C(C)C)cc1.Cc1ccc(C(C)C)cc1.Cc1ccc(CC(C)C)cc1. The van der Waals surface area contributed by atoms with E-state index < -0.39 is 5.60 Å². The Hall–Kier alpha value is -8.04. The van der Waals surface area contributed by atoms with Gasteiger partial charge in [-0.2, -0.15) is 0 Å². The van der Waals surface area contributed by atoms with Gasteiger partial charge in [-0.05, 0) is 229 Å². The lowest BCUT2D eigenvalue weighted by atomic mass is 9.86. The van der Waals surface area contributed by atoms with Crippen LogP contribution in [0.1, 0.15) is 300 Å². The fraction of sp³-hybridized carbons (Fsp3) is 0.459. The number of ether oxygens (including phenoxy) is 1. The highest BCUT2D eigenvalue weighted by Crippen LogP contribution is 2.25. The number of para-hydroxylation sites is 1. The number of rotatable bonds is 21. The second kappa shape index (κ2) is 57.9. The number of aliphatic hydroxyl groups is 1. The van der Waals surface area contributed by atoms with Crippen molar-refractivity contribution in [2.75, 3.05) is 6.61 Å². The summed E-state index contributed by atoms with van der Waals surface area (Å²) < 4.78 is 5.47. The van der Waals surface area contributed by atoms with Crippen LogP contribution in [-0.2, 0) is 49.5 Å². The Morgan fingerprint density at radius 3 is 0.752 bits per heavy atom. The molecule has 0 unspecified atom stereocenters. The molecule has 0 amide bonds. The van der Waals surface area contributed by atoms with Crippen molar-refractivity contribution in [1.29, 1.82) is 0 Å². The van der Waals surface area contributed by atoms with Crippen LogP contribution in [0.15, 0.2) is 267 Å². The molecule has 10 rings (SSSR count). The van der Waals surface area contributed by atoms with Gasteiger partial charge in [-0.25, -0.2) is 0 Å². The van der Waals surface area contributed by atoms with E-state index >= 15 is 0 Å². The van der Waals surface area contributed by atoms with Crippen LogP contribution < -0.4 is 4.74 Å². The first-order chi connectivity index (χ1) is 53.1. The van der Waals surface area contributed by atoms with Crippen molar-refractivity contribution in [1.82, 2.24) is 0 Å². The van der Waals surface area contributed by atoms with Crippen LogP contribution >= 0.6 is 0 Å². The third-order valence-electron chi connectivity index (χ3n) is 18.4. The van der Waals surface area contributed by atoms with Gasteiger partial charge in [0.05, 0.1) is 12.2 Å². The van der Waals surface area contributed by atoms with Gasteiger partial charge in [0.1, 0.15) is 5.75 Å². The topological polar surface area (TPSA) is 29.5 Å². The van der Waals surface area contributed by atoms with E-state index in [0.29, 0.717) is 35.5 Å². The van der Waals surface area contributed by atoms with Gasteiger partial charge in [-0.3, -0.25) is 0 Å². The zero-order valence-corrected chi connectivity index (χ0v) is 77.3. The first kappa shape index (κ1) is 103. The van der Waals surface area contributed by atoms with Crippen LogP contribution in [0.2, 0.25) is 0 Å². The first-order valence-corrected chi connectivity index (χ1v) is 43.1. The predicted octanol–water partition coefficient (Wildman–Crippen LogP) is 32.4. The van der Waals surface area contributed by atoms with Crippen molar-refractivity contribution >= 4 is 0 Å². The summed E-state index contributed by atoms with van der Waals surface area (Å²) in [7, 11) is 0. The molecule has 0 aliphatic heterocycles. The van der Waals surface area contributed by atoms with Crippen molar-refractivity contribution in [3.8, 4) is 5.75 Å². The fourth-order valence-electron chi connectivity index (χ4n) is 11.5. The Labute approximate surface area is 697 Å². The van der Waals surface area contributed by atoms with Gasteiger partial charge in [-0.1, -0.05) is 445 Å². The second-order valence-electron chi connectivity index (χ2n) is 36.7. The molecular formula is C111H162O2. The fourth-order valence-corrected chi connectivity index (χ4v) is 11.5. The van der Waals surface area contributed by atoms with Crippen LogP contribution in [0.5, 0.6) is 5.75 Å². The van der Waals surface area contributed by atoms with Crippen molar-refractivity contribution in [3.05, 3.63) is 350 Å². The monoisotopic (exact) mass is 1530 g/mol. The maximum Gasteiger partial charge on any atom is 0.119 e. The molecule has 0 saturated heterocycles. The Bertz CT molecular complexity index is 3660. The van der Waals surface area contributed by atoms with Gasteiger partial charge in [0.2, 0.25) is 0 Å². The summed E-state index contributed by atoms with van der Waals surface area (Å²) in [6, 6.07) is 94.2. The maximum atomic E-state index is 9.76. The van der Waals surface area contributed by atoms with E-state index in [9.17, 15) is 5.11 Å². The van der Waals surface area contributed by atoms with Crippen LogP contribution in [0.4, 0.5) is 0 Å². The average Bonchev–Trinajstić information content (AvgIpc) is 0.859. The van der Waals surface area contributed by atoms with Crippen molar-refractivity contribution in [2.45, 2.75) is 287 Å². The lowest BCUT2D eigenvalue weighted by molar-refractivity contribution is 0.0786. The van der Waals surface area contributed by atoms with E-state index in [-0.39, 0.29) is 5.41 Å². The quantitative estimate of drug-likeness (QED) is 0.0777. The molecular weight excluding hydrogens is 1370 g/mol. The highest BCUT2D eigenvalue weighted by atomic mass is 16.5. The molecule has 10 aromatic carbocycles.